The van der Waals surface area contributed by atoms with E-state index in [0.717, 1.165) is 5.56 Å². The van der Waals surface area contributed by atoms with Crippen LogP contribution in [-0.4, -0.2) is 18.6 Å². The smallest absolute Gasteiger partial charge is 0.265 e. The number of aryl methyl sites for hydroxylation is 3. The molecule has 0 saturated carbocycles. The van der Waals surface area contributed by atoms with Crippen molar-refractivity contribution in [2.24, 2.45) is 0 Å². The van der Waals surface area contributed by atoms with E-state index < -0.39 is 10.0 Å². The summed E-state index contributed by atoms with van der Waals surface area (Å²) in [6.07, 6.45) is 0. The van der Waals surface area contributed by atoms with Gasteiger partial charge in [0.25, 0.3) is 10.0 Å². The number of H-pyrrole nitrogens is 1. The molecule has 20 heavy (non-hydrogen) atoms. The molecule has 0 unspecified atom stereocenters. The van der Waals surface area contributed by atoms with Gasteiger partial charge in [-0.3, -0.25) is 9.82 Å². The van der Waals surface area contributed by atoms with E-state index in [1.54, 1.807) is 26.8 Å². The minimum atomic E-state index is -3.77. The molecule has 2 aromatic rings. The first kappa shape index (κ1) is 15.2. The number of halogens is 2. The highest BCUT2D eigenvalue weighted by Gasteiger charge is 2.23. The van der Waals surface area contributed by atoms with Gasteiger partial charge in [0.2, 0.25) is 0 Å². The van der Waals surface area contributed by atoms with Crippen LogP contribution < -0.4 is 4.72 Å². The molecule has 0 aliphatic heterocycles. The van der Waals surface area contributed by atoms with Crippen LogP contribution in [0.2, 0.25) is 10.0 Å². The third-order valence-corrected chi connectivity index (χ3v) is 5.17. The number of hydrogen-bond donors (Lipinski definition) is 2. The van der Waals surface area contributed by atoms with E-state index in [0.29, 0.717) is 16.4 Å². The number of hydrogen-bond acceptors (Lipinski definition) is 3. The van der Waals surface area contributed by atoms with Gasteiger partial charge in [-0.1, -0.05) is 23.2 Å². The molecule has 1 aromatic carbocycles. The molecule has 8 heteroatoms. The molecule has 0 spiro atoms. The van der Waals surface area contributed by atoms with Crippen LogP contribution >= 0.6 is 23.2 Å². The zero-order valence-corrected chi connectivity index (χ0v) is 13.4. The molecule has 1 heterocycles. The van der Waals surface area contributed by atoms with Crippen molar-refractivity contribution >= 4 is 38.9 Å². The van der Waals surface area contributed by atoms with Gasteiger partial charge in [-0.25, -0.2) is 8.42 Å². The zero-order chi connectivity index (χ0) is 15.1. The number of aromatic nitrogens is 2. The van der Waals surface area contributed by atoms with E-state index in [-0.39, 0.29) is 15.6 Å². The fourth-order valence-corrected chi connectivity index (χ4v) is 3.79. The number of benzene rings is 1. The lowest BCUT2D eigenvalue weighted by Crippen LogP contribution is -2.15. The molecule has 0 bridgehead atoms. The highest BCUT2D eigenvalue weighted by atomic mass is 35.5. The second-order valence-corrected chi connectivity index (χ2v) is 6.88. The van der Waals surface area contributed by atoms with Gasteiger partial charge in [0, 0.05) is 5.02 Å². The highest BCUT2D eigenvalue weighted by molar-refractivity contribution is 7.92. The number of nitrogens with one attached hydrogen (secondary N) is 2. The molecule has 2 N–H and O–H groups in total. The van der Waals surface area contributed by atoms with Crippen LogP contribution in [0.1, 0.15) is 17.0 Å². The quantitative estimate of drug-likeness (QED) is 0.903. The Morgan fingerprint density at radius 3 is 2.35 bits per heavy atom. The molecule has 0 aliphatic carbocycles. The predicted octanol–water partition coefficient (Wildman–Crippen LogP) is 3.44. The number of nitrogens with zero attached hydrogens (tertiary/aromatic N) is 1. The van der Waals surface area contributed by atoms with Gasteiger partial charge in [-0.05, 0) is 38.5 Å². The zero-order valence-electron chi connectivity index (χ0n) is 11.1. The monoisotopic (exact) mass is 333 g/mol. The van der Waals surface area contributed by atoms with Crippen LogP contribution in [0, 0.1) is 20.8 Å². The molecule has 0 saturated heterocycles. The van der Waals surface area contributed by atoms with Gasteiger partial charge >= 0.3 is 0 Å². The molecule has 0 fully saturated rings. The lowest BCUT2D eigenvalue weighted by Gasteiger charge is -2.11. The summed E-state index contributed by atoms with van der Waals surface area (Å²) < 4.78 is 27.2. The lowest BCUT2D eigenvalue weighted by atomic mass is 10.2. The number of sulfonamides is 1. The molecule has 0 amide bonds. The maximum absolute atomic E-state index is 12.4. The Morgan fingerprint density at radius 1 is 1.15 bits per heavy atom. The van der Waals surface area contributed by atoms with Crippen molar-refractivity contribution in [1.29, 1.82) is 0 Å². The fourth-order valence-electron chi connectivity index (χ4n) is 1.86. The van der Waals surface area contributed by atoms with Crippen molar-refractivity contribution in [3.05, 3.63) is 39.1 Å². The molecular weight excluding hydrogens is 321 g/mol. The largest absolute Gasteiger partial charge is 0.281 e. The molecular formula is C12H13Cl2N3O2S. The molecule has 0 atom stereocenters. The average molecular weight is 334 g/mol. The van der Waals surface area contributed by atoms with Crippen LogP contribution in [-0.2, 0) is 10.0 Å². The van der Waals surface area contributed by atoms with Crippen LogP contribution in [0.5, 0.6) is 0 Å². The SMILES string of the molecule is Cc1cc(Cl)c(NS(=O)(=O)c2c(C)n[nH]c2C)cc1Cl. The van der Waals surface area contributed by atoms with Crippen molar-refractivity contribution < 1.29 is 8.42 Å². The molecule has 2 rings (SSSR count). The average Bonchev–Trinajstić information content (AvgIpc) is 2.66. The highest BCUT2D eigenvalue weighted by Crippen LogP contribution is 2.31. The normalized spacial score (nSPS) is 11.7. The van der Waals surface area contributed by atoms with Crippen molar-refractivity contribution in [2.45, 2.75) is 25.7 Å². The Bertz CT molecular complexity index is 750. The predicted molar refractivity (Wildman–Crippen MR) is 80.1 cm³/mol. The van der Waals surface area contributed by atoms with E-state index in [4.69, 9.17) is 23.2 Å². The first-order valence-corrected chi connectivity index (χ1v) is 7.96. The second kappa shape index (κ2) is 5.27. The van der Waals surface area contributed by atoms with Gasteiger partial charge in [0.15, 0.2) is 0 Å². The third-order valence-electron chi connectivity index (χ3n) is 2.82. The van der Waals surface area contributed by atoms with E-state index in [2.05, 4.69) is 14.9 Å². The van der Waals surface area contributed by atoms with Crippen LogP contribution in [0.15, 0.2) is 17.0 Å². The Balaban J connectivity index is 2.47. The van der Waals surface area contributed by atoms with Gasteiger partial charge in [0.1, 0.15) is 4.90 Å². The fraction of sp³-hybridized carbons (Fsp3) is 0.250. The second-order valence-electron chi connectivity index (χ2n) is 4.45. The van der Waals surface area contributed by atoms with Gasteiger partial charge in [0.05, 0.1) is 22.1 Å². The summed E-state index contributed by atoms with van der Waals surface area (Å²) >= 11 is 12.0. The summed E-state index contributed by atoms with van der Waals surface area (Å²) in [6, 6.07) is 3.10. The van der Waals surface area contributed by atoms with Gasteiger partial charge < -0.3 is 0 Å². The number of aromatic amines is 1. The van der Waals surface area contributed by atoms with Crippen LogP contribution in [0.3, 0.4) is 0 Å². The maximum atomic E-state index is 12.4. The van der Waals surface area contributed by atoms with Gasteiger partial charge in [-0.15, -0.1) is 0 Å². The number of rotatable bonds is 3. The minimum absolute atomic E-state index is 0.116. The standard InChI is InChI=1S/C12H13Cl2N3O2S/c1-6-4-10(14)11(5-9(6)13)17-20(18,19)12-7(2)15-16-8(12)3/h4-5,17H,1-3H3,(H,15,16). The first-order valence-electron chi connectivity index (χ1n) is 5.72. The molecule has 1 aromatic heterocycles. The Hall–Kier alpha value is -1.24. The summed E-state index contributed by atoms with van der Waals surface area (Å²) in [5, 5.41) is 7.23. The minimum Gasteiger partial charge on any atom is -0.281 e. The van der Waals surface area contributed by atoms with Gasteiger partial charge in [-0.2, -0.15) is 5.10 Å². The van der Waals surface area contributed by atoms with E-state index >= 15 is 0 Å². The van der Waals surface area contributed by atoms with E-state index in [9.17, 15) is 8.42 Å². The summed E-state index contributed by atoms with van der Waals surface area (Å²) in [5.74, 6) is 0. The van der Waals surface area contributed by atoms with Crippen LogP contribution in [0.25, 0.3) is 0 Å². The van der Waals surface area contributed by atoms with Crippen molar-refractivity contribution in [3.63, 3.8) is 0 Å². The van der Waals surface area contributed by atoms with Crippen molar-refractivity contribution in [1.82, 2.24) is 10.2 Å². The maximum Gasteiger partial charge on any atom is 0.265 e. The molecule has 0 radical (unpaired) electrons. The van der Waals surface area contributed by atoms with Crippen molar-refractivity contribution in [2.75, 3.05) is 4.72 Å². The topological polar surface area (TPSA) is 74.8 Å². The first-order chi connectivity index (χ1) is 9.22. The Kier molecular flexibility index (Phi) is 4.00. The van der Waals surface area contributed by atoms with E-state index in [1.807, 2.05) is 0 Å². The molecule has 5 nitrogen and oxygen atoms in total. The Morgan fingerprint density at radius 2 is 1.80 bits per heavy atom. The summed E-state index contributed by atoms with van der Waals surface area (Å²) in [4.78, 5) is 0.116. The Labute approximate surface area is 127 Å². The van der Waals surface area contributed by atoms with E-state index in [1.165, 1.54) is 6.07 Å². The van der Waals surface area contributed by atoms with Crippen molar-refractivity contribution in [3.8, 4) is 0 Å². The third kappa shape index (κ3) is 2.77. The molecule has 0 aliphatic rings. The number of anilines is 1. The summed E-state index contributed by atoms with van der Waals surface area (Å²) in [6.45, 7) is 5.04. The lowest BCUT2D eigenvalue weighted by molar-refractivity contribution is 0.600. The van der Waals surface area contributed by atoms with Crippen LogP contribution in [0.4, 0.5) is 5.69 Å². The summed E-state index contributed by atoms with van der Waals surface area (Å²) in [7, 11) is -3.77. The molecule has 108 valence electrons. The summed E-state index contributed by atoms with van der Waals surface area (Å²) in [5.41, 5.74) is 1.87.